The Bertz CT molecular complexity index is 844. The van der Waals surface area contributed by atoms with Crippen LogP contribution in [0.3, 0.4) is 0 Å². The molecule has 138 valence electrons. The molecule has 0 bridgehead atoms. The molecule has 2 rings (SSSR count). The molecule has 2 aromatic carbocycles. The molecule has 7 N–H and O–H groups in total. The van der Waals surface area contributed by atoms with E-state index in [1.807, 2.05) is 44.2 Å². The number of nitrogens with two attached hydrogens (primary N) is 3. The van der Waals surface area contributed by atoms with E-state index in [0.29, 0.717) is 23.5 Å². The molecule has 0 saturated heterocycles. The van der Waals surface area contributed by atoms with E-state index in [-0.39, 0.29) is 11.4 Å². The van der Waals surface area contributed by atoms with Crippen molar-refractivity contribution in [3.63, 3.8) is 0 Å². The first-order valence-corrected chi connectivity index (χ1v) is 8.48. The zero-order valence-corrected chi connectivity index (χ0v) is 15.4. The fourth-order valence-corrected chi connectivity index (χ4v) is 2.67. The molecule has 0 aliphatic carbocycles. The number of benzene rings is 2. The summed E-state index contributed by atoms with van der Waals surface area (Å²) in [5.41, 5.74) is 22.2. The van der Waals surface area contributed by atoms with Crippen molar-refractivity contribution < 1.29 is 9.53 Å². The molecule has 0 unspecified atom stereocenters. The first-order valence-electron chi connectivity index (χ1n) is 8.48. The SMILES string of the molecule is CCCNC(=O)/C(N)=C(\N)c1cccc(-c2cc(C)ccc2OC)c1N. The lowest BCUT2D eigenvalue weighted by molar-refractivity contribution is -0.117. The summed E-state index contributed by atoms with van der Waals surface area (Å²) in [5.74, 6) is 0.304. The maximum absolute atomic E-state index is 12.1. The minimum absolute atomic E-state index is 0.0430. The van der Waals surface area contributed by atoms with Gasteiger partial charge in [-0.3, -0.25) is 4.79 Å². The van der Waals surface area contributed by atoms with Gasteiger partial charge in [0.05, 0.1) is 12.8 Å². The van der Waals surface area contributed by atoms with Gasteiger partial charge in [-0.2, -0.15) is 0 Å². The molecule has 0 spiro atoms. The number of nitrogen functional groups attached to an aromatic ring is 1. The second-order valence-corrected chi connectivity index (χ2v) is 6.05. The highest BCUT2D eigenvalue weighted by molar-refractivity contribution is 6.01. The molecule has 2 aromatic rings. The second kappa shape index (κ2) is 8.29. The average molecular weight is 354 g/mol. The van der Waals surface area contributed by atoms with Gasteiger partial charge in [-0.1, -0.05) is 36.8 Å². The molecule has 0 aliphatic heterocycles. The quantitative estimate of drug-likeness (QED) is 0.469. The predicted octanol–water partition coefficient (Wildman–Crippen LogP) is 2.37. The maximum Gasteiger partial charge on any atom is 0.269 e. The van der Waals surface area contributed by atoms with Crippen molar-refractivity contribution in [3.8, 4) is 16.9 Å². The summed E-state index contributed by atoms with van der Waals surface area (Å²) < 4.78 is 5.45. The Morgan fingerprint density at radius 1 is 1.15 bits per heavy atom. The molecule has 6 nitrogen and oxygen atoms in total. The van der Waals surface area contributed by atoms with Gasteiger partial charge in [-0.25, -0.2) is 0 Å². The topological polar surface area (TPSA) is 116 Å². The Labute approximate surface area is 154 Å². The number of carbonyl (C=O) groups excluding carboxylic acids is 1. The van der Waals surface area contributed by atoms with Crippen molar-refractivity contribution in [3.05, 3.63) is 53.2 Å². The van der Waals surface area contributed by atoms with E-state index in [9.17, 15) is 4.79 Å². The van der Waals surface area contributed by atoms with Crippen LogP contribution in [-0.4, -0.2) is 19.6 Å². The van der Waals surface area contributed by atoms with Crippen LogP contribution in [0.25, 0.3) is 16.8 Å². The molecule has 0 atom stereocenters. The molecule has 0 aliphatic rings. The number of methoxy groups -OCH3 is 1. The molecule has 1 amide bonds. The maximum atomic E-state index is 12.1. The normalized spacial score (nSPS) is 11.7. The van der Waals surface area contributed by atoms with Crippen LogP contribution in [-0.2, 0) is 4.79 Å². The highest BCUT2D eigenvalue weighted by Crippen LogP contribution is 2.37. The van der Waals surface area contributed by atoms with Gasteiger partial charge in [-0.05, 0) is 25.5 Å². The fourth-order valence-electron chi connectivity index (χ4n) is 2.67. The standard InChI is InChI=1S/C20H26N4O2/c1-4-10-24-20(25)19(23)18(22)14-7-5-6-13(17(14)21)15-11-12(2)8-9-16(15)26-3/h5-9,11H,4,10,21-23H2,1-3H3,(H,24,25)/b19-18+. The smallest absolute Gasteiger partial charge is 0.269 e. The third-order valence-corrected chi connectivity index (χ3v) is 4.11. The molecular weight excluding hydrogens is 328 g/mol. The van der Waals surface area contributed by atoms with Crippen molar-refractivity contribution in [2.24, 2.45) is 11.5 Å². The molecular formula is C20H26N4O2. The summed E-state index contributed by atoms with van der Waals surface area (Å²) in [5, 5.41) is 2.71. The highest BCUT2D eigenvalue weighted by atomic mass is 16.5. The Morgan fingerprint density at radius 2 is 1.88 bits per heavy atom. The number of aryl methyl sites for hydroxylation is 1. The minimum Gasteiger partial charge on any atom is -0.496 e. The van der Waals surface area contributed by atoms with E-state index in [1.54, 1.807) is 13.2 Å². The number of ether oxygens (including phenoxy) is 1. The van der Waals surface area contributed by atoms with E-state index < -0.39 is 5.91 Å². The largest absolute Gasteiger partial charge is 0.496 e. The summed E-state index contributed by atoms with van der Waals surface area (Å²) in [6.07, 6.45) is 0.809. The lowest BCUT2D eigenvalue weighted by atomic mass is 9.96. The lowest BCUT2D eigenvalue weighted by Crippen LogP contribution is -2.31. The first kappa shape index (κ1) is 19.2. The summed E-state index contributed by atoms with van der Waals surface area (Å²) in [6.45, 7) is 4.48. The second-order valence-electron chi connectivity index (χ2n) is 6.05. The summed E-state index contributed by atoms with van der Waals surface area (Å²) in [7, 11) is 1.61. The molecule has 6 heteroatoms. The van der Waals surface area contributed by atoms with Crippen LogP contribution in [0, 0.1) is 6.92 Å². The van der Waals surface area contributed by atoms with E-state index in [0.717, 1.165) is 23.1 Å². The summed E-state index contributed by atoms with van der Waals surface area (Å²) in [6, 6.07) is 11.3. The Kier molecular flexibility index (Phi) is 6.11. The number of anilines is 1. The van der Waals surface area contributed by atoms with Gasteiger partial charge >= 0.3 is 0 Å². The van der Waals surface area contributed by atoms with Crippen molar-refractivity contribution in [1.29, 1.82) is 0 Å². The first-order chi connectivity index (χ1) is 12.4. The third-order valence-electron chi connectivity index (χ3n) is 4.11. The van der Waals surface area contributed by atoms with Crippen LogP contribution < -0.4 is 27.3 Å². The number of hydrogen-bond donors (Lipinski definition) is 4. The van der Waals surface area contributed by atoms with Gasteiger partial charge in [0.2, 0.25) is 0 Å². The van der Waals surface area contributed by atoms with Gasteiger partial charge in [0.1, 0.15) is 11.4 Å². The van der Waals surface area contributed by atoms with E-state index >= 15 is 0 Å². The zero-order valence-electron chi connectivity index (χ0n) is 15.4. The van der Waals surface area contributed by atoms with Crippen LogP contribution in [0.1, 0.15) is 24.5 Å². The van der Waals surface area contributed by atoms with Crippen LogP contribution in [0.4, 0.5) is 5.69 Å². The fraction of sp³-hybridized carbons (Fsp3) is 0.250. The Hall–Kier alpha value is -3.15. The number of rotatable bonds is 6. The van der Waals surface area contributed by atoms with Crippen LogP contribution in [0.5, 0.6) is 5.75 Å². The third kappa shape index (κ3) is 3.91. The monoisotopic (exact) mass is 354 g/mol. The average Bonchev–Trinajstić information content (AvgIpc) is 2.65. The van der Waals surface area contributed by atoms with Crippen LogP contribution in [0.15, 0.2) is 42.1 Å². The number of amides is 1. The molecule has 0 aromatic heterocycles. The minimum atomic E-state index is -0.401. The predicted molar refractivity (Wildman–Crippen MR) is 106 cm³/mol. The van der Waals surface area contributed by atoms with Crippen molar-refractivity contribution in [1.82, 2.24) is 5.32 Å². The van der Waals surface area contributed by atoms with Gasteiger partial charge in [0, 0.05) is 28.9 Å². The molecule has 26 heavy (non-hydrogen) atoms. The molecule has 0 heterocycles. The number of para-hydroxylation sites is 1. The Balaban J connectivity index is 2.54. The van der Waals surface area contributed by atoms with E-state index in [4.69, 9.17) is 21.9 Å². The van der Waals surface area contributed by atoms with Gasteiger partial charge in [0.15, 0.2) is 0 Å². The summed E-state index contributed by atoms with van der Waals surface area (Å²) in [4.78, 5) is 12.1. The van der Waals surface area contributed by atoms with Crippen molar-refractivity contribution in [2.75, 3.05) is 19.4 Å². The molecule has 0 fully saturated rings. The highest BCUT2D eigenvalue weighted by Gasteiger charge is 2.17. The van der Waals surface area contributed by atoms with Gasteiger partial charge in [0.25, 0.3) is 5.91 Å². The molecule has 0 radical (unpaired) electrons. The van der Waals surface area contributed by atoms with Gasteiger partial charge in [-0.15, -0.1) is 0 Å². The Morgan fingerprint density at radius 3 is 2.54 bits per heavy atom. The van der Waals surface area contributed by atoms with E-state index in [2.05, 4.69) is 5.32 Å². The van der Waals surface area contributed by atoms with Crippen molar-refractivity contribution >= 4 is 17.3 Å². The number of hydrogen-bond acceptors (Lipinski definition) is 5. The summed E-state index contributed by atoms with van der Waals surface area (Å²) >= 11 is 0. The van der Waals surface area contributed by atoms with Gasteiger partial charge < -0.3 is 27.3 Å². The number of nitrogens with one attached hydrogen (secondary N) is 1. The lowest BCUT2D eigenvalue weighted by Gasteiger charge is -2.16. The molecule has 0 saturated carbocycles. The van der Waals surface area contributed by atoms with Crippen LogP contribution in [0.2, 0.25) is 0 Å². The van der Waals surface area contributed by atoms with Crippen molar-refractivity contribution in [2.45, 2.75) is 20.3 Å². The van der Waals surface area contributed by atoms with E-state index in [1.165, 1.54) is 0 Å². The van der Waals surface area contributed by atoms with Crippen LogP contribution >= 0.6 is 0 Å². The number of carbonyl (C=O) groups is 1. The zero-order chi connectivity index (χ0) is 19.3.